The van der Waals surface area contributed by atoms with Gasteiger partial charge in [0.25, 0.3) is 5.91 Å². The Balaban J connectivity index is 1.24. The van der Waals surface area contributed by atoms with Gasteiger partial charge in [-0.3, -0.25) is 4.79 Å². The maximum absolute atomic E-state index is 12.9. The van der Waals surface area contributed by atoms with E-state index in [1.54, 1.807) is 4.90 Å². The van der Waals surface area contributed by atoms with E-state index in [1.807, 2.05) is 12.3 Å². The van der Waals surface area contributed by atoms with Crippen molar-refractivity contribution in [2.24, 2.45) is 0 Å². The zero-order valence-electron chi connectivity index (χ0n) is 19.5. The first-order chi connectivity index (χ1) is 16.8. The Morgan fingerprint density at radius 2 is 1.66 bits per heavy atom. The van der Waals surface area contributed by atoms with Crippen LogP contribution in [0.4, 0.5) is 13.2 Å². The summed E-state index contributed by atoms with van der Waals surface area (Å²) in [6, 6.07) is 7.11. The number of carbonyl (C=O) groups is 1. The van der Waals surface area contributed by atoms with Gasteiger partial charge in [-0.1, -0.05) is 0 Å². The summed E-state index contributed by atoms with van der Waals surface area (Å²) in [5.41, 5.74) is 3.24. The van der Waals surface area contributed by atoms with Crippen LogP contribution in [-0.4, -0.2) is 70.2 Å². The lowest BCUT2D eigenvalue weighted by molar-refractivity contribution is -0.274. The number of aromatic amines is 1. The van der Waals surface area contributed by atoms with Crippen LogP contribution in [0.15, 0.2) is 36.5 Å². The molecule has 0 radical (unpaired) electrons. The Labute approximate surface area is 201 Å². The summed E-state index contributed by atoms with van der Waals surface area (Å²) in [5, 5.41) is 0. The number of nitrogens with zero attached hydrogens (tertiary/aromatic N) is 4. The Bertz CT molecular complexity index is 1180. The van der Waals surface area contributed by atoms with Crippen molar-refractivity contribution in [1.29, 1.82) is 0 Å². The number of fused-ring (bicyclic) bond motifs is 1. The van der Waals surface area contributed by atoms with Crippen LogP contribution in [0.1, 0.15) is 59.3 Å². The van der Waals surface area contributed by atoms with Crippen LogP contribution in [-0.2, 0) is 0 Å². The third-order valence-electron chi connectivity index (χ3n) is 7.10. The number of aromatic nitrogens is 3. The molecule has 1 amide bonds. The number of hydrogen-bond donors (Lipinski definition) is 1. The zero-order valence-corrected chi connectivity index (χ0v) is 19.5. The fraction of sp³-hybridized carbons (Fsp3) is 0.480. The third kappa shape index (κ3) is 5.27. The molecule has 0 atom stereocenters. The summed E-state index contributed by atoms with van der Waals surface area (Å²) in [4.78, 5) is 29.9. The van der Waals surface area contributed by atoms with Gasteiger partial charge in [0.05, 0.1) is 0 Å². The number of halogens is 3. The molecule has 35 heavy (non-hydrogen) atoms. The minimum Gasteiger partial charge on any atom is -0.406 e. The first-order valence-corrected chi connectivity index (χ1v) is 11.9. The number of rotatable bonds is 4. The second-order valence-corrected chi connectivity index (χ2v) is 9.44. The largest absolute Gasteiger partial charge is 0.573 e. The van der Waals surface area contributed by atoms with Gasteiger partial charge in [-0.05, 0) is 87.6 Å². The van der Waals surface area contributed by atoms with Crippen LogP contribution in [0.25, 0.3) is 11.2 Å². The topological polar surface area (TPSA) is 74.3 Å². The highest BCUT2D eigenvalue weighted by Gasteiger charge is 2.31. The van der Waals surface area contributed by atoms with Gasteiger partial charge < -0.3 is 19.5 Å². The Morgan fingerprint density at radius 3 is 2.31 bits per heavy atom. The molecule has 0 bridgehead atoms. The molecule has 7 nitrogen and oxygen atoms in total. The second-order valence-electron chi connectivity index (χ2n) is 9.44. The second kappa shape index (κ2) is 9.49. The average molecular weight is 488 g/mol. The predicted molar refractivity (Wildman–Crippen MR) is 124 cm³/mol. The maximum atomic E-state index is 12.9. The molecule has 2 saturated heterocycles. The lowest BCUT2D eigenvalue weighted by Gasteiger charge is -2.32. The third-order valence-corrected chi connectivity index (χ3v) is 7.10. The number of H-pyrrole nitrogens is 1. The van der Waals surface area contributed by atoms with E-state index < -0.39 is 6.36 Å². The minimum atomic E-state index is -4.76. The molecular formula is C25H28F3N5O2. The monoisotopic (exact) mass is 487 g/mol. The van der Waals surface area contributed by atoms with Crippen molar-refractivity contribution in [1.82, 2.24) is 24.8 Å². The molecular weight excluding hydrogens is 459 g/mol. The Morgan fingerprint density at radius 1 is 1.00 bits per heavy atom. The maximum Gasteiger partial charge on any atom is 0.573 e. The number of likely N-dealkylation sites (tertiary alicyclic amines) is 2. The normalized spacial score (nSPS) is 18.8. The van der Waals surface area contributed by atoms with Crippen molar-refractivity contribution in [3.05, 3.63) is 53.5 Å². The fourth-order valence-electron chi connectivity index (χ4n) is 5.13. The SMILES string of the molecule is CN1CCC(c2nc3c(C4CCN(C(=O)c5ccc(OC(F)(F)F)cc5)CC4)ccnc3[nH]2)CC1. The summed E-state index contributed by atoms with van der Waals surface area (Å²) in [6.07, 6.45) is 0.794. The van der Waals surface area contributed by atoms with Gasteiger partial charge in [-0.15, -0.1) is 13.2 Å². The molecule has 0 unspecified atom stereocenters. The van der Waals surface area contributed by atoms with Crippen LogP contribution >= 0.6 is 0 Å². The molecule has 1 N–H and O–H groups in total. The van der Waals surface area contributed by atoms with Crippen LogP contribution in [0, 0.1) is 0 Å². The van der Waals surface area contributed by atoms with Crippen molar-refractivity contribution in [3.63, 3.8) is 0 Å². The van der Waals surface area contributed by atoms with Crippen LogP contribution in [0.5, 0.6) is 5.75 Å². The Kier molecular flexibility index (Phi) is 6.39. The van der Waals surface area contributed by atoms with Gasteiger partial charge in [0, 0.05) is 30.8 Å². The van der Waals surface area contributed by atoms with Crippen molar-refractivity contribution in [2.75, 3.05) is 33.2 Å². The van der Waals surface area contributed by atoms with Crippen LogP contribution in [0.2, 0.25) is 0 Å². The van der Waals surface area contributed by atoms with Crippen molar-refractivity contribution in [2.45, 2.75) is 43.9 Å². The van der Waals surface area contributed by atoms with Crippen molar-refractivity contribution in [3.8, 4) is 5.75 Å². The number of nitrogens with one attached hydrogen (secondary N) is 1. The molecule has 2 aromatic heterocycles. The van der Waals surface area contributed by atoms with E-state index in [0.29, 0.717) is 24.6 Å². The van der Waals surface area contributed by atoms with Crippen molar-refractivity contribution < 1.29 is 22.7 Å². The van der Waals surface area contributed by atoms with Crippen LogP contribution in [0.3, 0.4) is 0 Å². The smallest absolute Gasteiger partial charge is 0.406 e. The number of carbonyl (C=O) groups excluding carboxylic acids is 1. The molecule has 3 aromatic rings. The van der Waals surface area contributed by atoms with E-state index in [1.165, 1.54) is 24.3 Å². The van der Waals surface area contributed by atoms with Gasteiger partial charge in [0.15, 0.2) is 5.65 Å². The summed E-state index contributed by atoms with van der Waals surface area (Å²) in [5.74, 6) is 1.17. The number of piperidine rings is 2. The lowest BCUT2D eigenvalue weighted by atomic mass is 9.89. The van der Waals surface area contributed by atoms with E-state index >= 15 is 0 Å². The quantitative estimate of drug-likeness (QED) is 0.578. The molecule has 2 fully saturated rings. The molecule has 0 spiro atoms. The molecule has 1 aromatic carbocycles. The fourth-order valence-corrected chi connectivity index (χ4v) is 5.13. The number of pyridine rings is 1. The van der Waals surface area contributed by atoms with E-state index in [-0.39, 0.29) is 17.6 Å². The lowest BCUT2D eigenvalue weighted by Crippen LogP contribution is -2.38. The number of imidazole rings is 1. The molecule has 186 valence electrons. The highest BCUT2D eigenvalue weighted by atomic mass is 19.4. The van der Waals surface area contributed by atoms with Gasteiger partial charge in [0.2, 0.25) is 0 Å². The molecule has 5 rings (SSSR count). The van der Waals surface area contributed by atoms with Gasteiger partial charge in [0.1, 0.15) is 17.1 Å². The van der Waals surface area contributed by atoms with E-state index in [9.17, 15) is 18.0 Å². The number of ether oxygens (including phenoxy) is 1. The number of amides is 1. The standard InChI is InChI=1S/C25H28F3N5O2/c1-32-12-7-17(8-13-32)22-30-21-20(6-11-29-23(21)31-22)16-9-14-33(15-10-16)24(34)18-2-4-19(5-3-18)35-25(26,27)28/h2-6,11,16-17H,7-10,12-15H2,1H3,(H,29,30,31). The minimum absolute atomic E-state index is 0.189. The van der Waals surface area contributed by atoms with E-state index in [4.69, 9.17) is 4.98 Å². The molecule has 0 aliphatic carbocycles. The molecule has 2 aliphatic heterocycles. The summed E-state index contributed by atoms with van der Waals surface area (Å²) >= 11 is 0. The predicted octanol–water partition coefficient (Wildman–Crippen LogP) is 4.69. The summed E-state index contributed by atoms with van der Waals surface area (Å²) in [7, 11) is 2.14. The van der Waals surface area contributed by atoms with Gasteiger partial charge >= 0.3 is 6.36 Å². The zero-order chi connectivity index (χ0) is 24.6. The van der Waals surface area contributed by atoms with E-state index in [0.717, 1.165) is 61.3 Å². The highest BCUT2D eigenvalue weighted by Crippen LogP contribution is 2.34. The van der Waals surface area contributed by atoms with Gasteiger partial charge in [-0.25, -0.2) is 9.97 Å². The molecule has 10 heteroatoms. The summed E-state index contributed by atoms with van der Waals surface area (Å²) in [6.45, 7) is 3.26. The average Bonchev–Trinajstić information content (AvgIpc) is 3.28. The van der Waals surface area contributed by atoms with E-state index in [2.05, 4.69) is 26.7 Å². The number of benzene rings is 1. The first kappa shape index (κ1) is 23.6. The molecule has 2 aliphatic rings. The number of alkyl halides is 3. The first-order valence-electron chi connectivity index (χ1n) is 11.9. The van der Waals surface area contributed by atoms with Gasteiger partial charge in [-0.2, -0.15) is 0 Å². The summed E-state index contributed by atoms with van der Waals surface area (Å²) < 4.78 is 41.0. The molecule has 0 saturated carbocycles. The number of hydrogen-bond acceptors (Lipinski definition) is 5. The van der Waals surface area contributed by atoms with Crippen molar-refractivity contribution >= 4 is 17.1 Å². The Hall–Kier alpha value is -3.14. The van der Waals surface area contributed by atoms with Crippen LogP contribution < -0.4 is 4.74 Å². The highest BCUT2D eigenvalue weighted by molar-refractivity contribution is 5.94. The molecule has 4 heterocycles.